The lowest BCUT2D eigenvalue weighted by molar-refractivity contribution is -0.129. The Balaban J connectivity index is 1.59. The topological polar surface area (TPSA) is 58.6 Å². The van der Waals surface area contributed by atoms with Gasteiger partial charge in [0.15, 0.2) is 0 Å². The van der Waals surface area contributed by atoms with E-state index in [9.17, 15) is 9.59 Å². The van der Waals surface area contributed by atoms with E-state index in [1.165, 1.54) is 5.56 Å². The van der Waals surface area contributed by atoms with Gasteiger partial charge in [0.25, 0.3) is 5.91 Å². The van der Waals surface area contributed by atoms with Gasteiger partial charge in [-0.3, -0.25) is 9.59 Å². The molecule has 1 N–H and O–H groups in total. The molecule has 1 aliphatic carbocycles. The SMILES string of the molecule is CCc1ccc(N2CC(CNC(=O)C3CC3)OCC2=O)cc1. The number of benzene rings is 1. The van der Waals surface area contributed by atoms with Crippen LogP contribution in [0.3, 0.4) is 0 Å². The Labute approximate surface area is 130 Å². The molecule has 1 aromatic carbocycles. The van der Waals surface area contributed by atoms with Crippen molar-refractivity contribution in [3.05, 3.63) is 29.8 Å². The third-order valence-electron chi connectivity index (χ3n) is 4.24. The second-order valence-corrected chi connectivity index (χ2v) is 5.98. The fourth-order valence-corrected chi connectivity index (χ4v) is 2.61. The number of rotatable bonds is 5. The maximum Gasteiger partial charge on any atom is 0.253 e. The number of amides is 2. The maximum atomic E-state index is 12.1. The minimum Gasteiger partial charge on any atom is -0.365 e. The Morgan fingerprint density at radius 1 is 1.32 bits per heavy atom. The number of nitrogens with zero attached hydrogens (tertiary/aromatic N) is 1. The monoisotopic (exact) mass is 302 g/mol. The Bertz CT molecular complexity index is 552. The number of hydrogen-bond acceptors (Lipinski definition) is 3. The van der Waals surface area contributed by atoms with Gasteiger partial charge in [-0.15, -0.1) is 0 Å². The van der Waals surface area contributed by atoms with Crippen molar-refractivity contribution in [3.63, 3.8) is 0 Å². The summed E-state index contributed by atoms with van der Waals surface area (Å²) in [4.78, 5) is 25.5. The fraction of sp³-hybridized carbons (Fsp3) is 0.529. The van der Waals surface area contributed by atoms with Crippen LogP contribution < -0.4 is 10.2 Å². The van der Waals surface area contributed by atoms with Gasteiger partial charge in [-0.2, -0.15) is 0 Å². The second kappa shape index (κ2) is 6.48. The molecule has 1 saturated heterocycles. The van der Waals surface area contributed by atoms with Crippen LogP contribution in [0, 0.1) is 5.92 Å². The fourth-order valence-electron chi connectivity index (χ4n) is 2.61. The summed E-state index contributed by atoms with van der Waals surface area (Å²) in [6, 6.07) is 8.04. The van der Waals surface area contributed by atoms with Crippen LogP contribution in [0.1, 0.15) is 25.3 Å². The van der Waals surface area contributed by atoms with E-state index in [1.54, 1.807) is 4.90 Å². The van der Waals surface area contributed by atoms with Crippen LogP contribution in [-0.4, -0.2) is 37.6 Å². The van der Waals surface area contributed by atoms with Gasteiger partial charge in [-0.1, -0.05) is 19.1 Å². The maximum absolute atomic E-state index is 12.1. The van der Waals surface area contributed by atoms with Gasteiger partial charge in [0, 0.05) is 18.2 Å². The molecule has 0 radical (unpaired) electrons. The Kier molecular flexibility index (Phi) is 4.43. The molecule has 1 saturated carbocycles. The third-order valence-corrected chi connectivity index (χ3v) is 4.24. The minimum absolute atomic E-state index is 0.0333. The number of hydrogen-bond donors (Lipinski definition) is 1. The summed E-state index contributed by atoms with van der Waals surface area (Å²) in [7, 11) is 0. The molecule has 1 aromatic rings. The van der Waals surface area contributed by atoms with Crippen molar-refractivity contribution in [2.45, 2.75) is 32.3 Å². The van der Waals surface area contributed by atoms with Crippen molar-refractivity contribution < 1.29 is 14.3 Å². The Morgan fingerprint density at radius 3 is 2.68 bits per heavy atom. The lowest BCUT2D eigenvalue weighted by Gasteiger charge is -2.33. The summed E-state index contributed by atoms with van der Waals surface area (Å²) in [5.41, 5.74) is 2.14. The van der Waals surface area contributed by atoms with Crippen LogP contribution in [0.15, 0.2) is 24.3 Å². The lowest BCUT2D eigenvalue weighted by atomic mass is 10.1. The second-order valence-electron chi connectivity index (χ2n) is 5.98. The Hall–Kier alpha value is -1.88. The number of carbonyl (C=O) groups is 2. The van der Waals surface area contributed by atoms with Gasteiger partial charge < -0.3 is 15.0 Å². The molecule has 0 spiro atoms. The van der Waals surface area contributed by atoms with Gasteiger partial charge >= 0.3 is 0 Å². The first kappa shape index (κ1) is 15.0. The molecule has 5 nitrogen and oxygen atoms in total. The van der Waals surface area contributed by atoms with E-state index < -0.39 is 0 Å². The number of anilines is 1. The summed E-state index contributed by atoms with van der Waals surface area (Å²) in [5.74, 6) is 0.274. The molecule has 1 heterocycles. The molecule has 1 aliphatic heterocycles. The smallest absolute Gasteiger partial charge is 0.253 e. The van der Waals surface area contributed by atoms with E-state index >= 15 is 0 Å². The molecular weight excluding hydrogens is 280 g/mol. The Morgan fingerprint density at radius 2 is 2.05 bits per heavy atom. The highest BCUT2D eigenvalue weighted by atomic mass is 16.5. The zero-order chi connectivity index (χ0) is 15.5. The van der Waals surface area contributed by atoms with Gasteiger partial charge in [-0.05, 0) is 37.0 Å². The van der Waals surface area contributed by atoms with Crippen LogP contribution in [0.2, 0.25) is 0 Å². The van der Waals surface area contributed by atoms with Gasteiger partial charge in [0.1, 0.15) is 6.61 Å². The first-order valence-corrected chi connectivity index (χ1v) is 7.96. The molecule has 1 atom stereocenters. The highest BCUT2D eigenvalue weighted by Gasteiger charge is 2.31. The minimum atomic E-state index is -0.147. The number of ether oxygens (including phenoxy) is 1. The highest BCUT2D eigenvalue weighted by molar-refractivity contribution is 5.95. The average molecular weight is 302 g/mol. The van der Waals surface area contributed by atoms with Gasteiger partial charge in [-0.25, -0.2) is 0 Å². The number of morpholine rings is 1. The molecule has 3 rings (SSSR count). The normalized spacial score (nSPS) is 21.8. The summed E-state index contributed by atoms with van der Waals surface area (Å²) >= 11 is 0. The van der Waals surface area contributed by atoms with Crippen LogP contribution in [0.25, 0.3) is 0 Å². The number of carbonyl (C=O) groups excluding carboxylic acids is 2. The van der Waals surface area contributed by atoms with E-state index in [0.717, 1.165) is 24.9 Å². The van der Waals surface area contributed by atoms with E-state index in [-0.39, 0.29) is 30.4 Å². The first-order chi connectivity index (χ1) is 10.7. The predicted octanol–water partition coefficient (Wildman–Crippen LogP) is 1.51. The van der Waals surface area contributed by atoms with E-state index in [0.29, 0.717) is 13.1 Å². The zero-order valence-corrected chi connectivity index (χ0v) is 12.9. The molecule has 1 unspecified atom stereocenters. The number of nitrogens with one attached hydrogen (secondary N) is 1. The molecule has 5 heteroatoms. The van der Waals surface area contributed by atoms with Crippen molar-refractivity contribution in [2.24, 2.45) is 5.92 Å². The van der Waals surface area contributed by atoms with Crippen molar-refractivity contribution in [2.75, 3.05) is 24.6 Å². The molecule has 2 aliphatic rings. The van der Waals surface area contributed by atoms with Crippen molar-refractivity contribution in [3.8, 4) is 0 Å². The largest absolute Gasteiger partial charge is 0.365 e. The molecule has 0 bridgehead atoms. The molecule has 2 fully saturated rings. The summed E-state index contributed by atoms with van der Waals surface area (Å²) in [6.07, 6.45) is 2.82. The first-order valence-electron chi connectivity index (χ1n) is 7.96. The van der Waals surface area contributed by atoms with E-state index in [1.807, 2.05) is 24.3 Å². The third kappa shape index (κ3) is 3.47. The summed E-state index contributed by atoms with van der Waals surface area (Å²) in [6.45, 7) is 3.12. The molecular formula is C17H22N2O3. The van der Waals surface area contributed by atoms with Crippen molar-refractivity contribution >= 4 is 17.5 Å². The van der Waals surface area contributed by atoms with Crippen LogP contribution >= 0.6 is 0 Å². The lowest BCUT2D eigenvalue weighted by Crippen LogP contribution is -2.50. The zero-order valence-electron chi connectivity index (χ0n) is 12.9. The number of aryl methyl sites for hydroxylation is 1. The highest BCUT2D eigenvalue weighted by Crippen LogP contribution is 2.28. The molecule has 22 heavy (non-hydrogen) atoms. The standard InChI is InChI=1S/C17H22N2O3/c1-2-12-3-7-14(8-4-12)19-10-15(22-11-16(19)20)9-18-17(21)13-5-6-13/h3-4,7-8,13,15H,2,5-6,9-11H2,1H3,(H,18,21). The average Bonchev–Trinajstić information content (AvgIpc) is 3.39. The summed E-state index contributed by atoms with van der Waals surface area (Å²) < 4.78 is 5.53. The molecule has 0 aromatic heterocycles. The van der Waals surface area contributed by atoms with Crippen LogP contribution in [0.5, 0.6) is 0 Å². The van der Waals surface area contributed by atoms with Crippen molar-refractivity contribution in [1.29, 1.82) is 0 Å². The molecule has 2 amide bonds. The predicted molar refractivity (Wildman–Crippen MR) is 83.6 cm³/mol. The van der Waals surface area contributed by atoms with Crippen LogP contribution in [0.4, 0.5) is 5.69 Å². The van der Waals surface area contributed by atoms with E-state index in [4.69, 9.17) is 4.74 Å². The van der Waals surface area contributed by atoms with Gasteiger partial charge in [0.05, 0.1) is 12.6 Å². The van der Waals surface area contributed by atoms with Crippen molar-refractivity contribution in [1.82, 2.24) is 5.32 Å². The van der Waals surface area contributed by atoms with Gasteiger partial charge in [0.2, 0.25) is 5.91 Å². The quantitative estimate of drug-likeness (QED) is 0.897. The van der Waals surface area contributed by atoms with Crippen LogP contribution in [-0.2, 0) is 20.7 Å². The summed E-state index contributed by atoms with van der Waals surface area (Å²) in [5, 5.41) is 2.92. The van der Waals surface area contributed by atoms with E-state index in [2.05, 4.69) is 12.2 Å². The molecule has 118 valence electrons.